The standard InChI is InChI=1S/C20H34N2O5.C17H29N3O4.C16H27N3O4.C15H26N2O3.C14H23NO4.C9H15NO2.2ClH/c1-18(2,3)14(21-17(25)27-19(4,5)6)15(23)22-10-11-12(20(11,7)8)13(22)16(24)26-9;1-16(2,3)12(19-15(23)18-6)13(21)20-8-9-10(17(9,4)5)11(20)14(22)24-7;1-15(2,3)11(18-14(23)17-6)12(20)19-7-8-9(16(8,4)5)10(19)13(21)22;1-14(2,3)11(16)12(18)17-7-8-9(15(8,4)5)10(17)13(19)20-6;1-13(2,3)19-12(17)15-7-8-9(14(8,4)5)10(15)11(16)18-6;1-9(2)5-4-10-7(6(5)9)8(11)12-3;;/h11-14H,10H2,1-9H3,(H,21,25);9-12H,8H2,1-7H3,(H2,18,19,23);8-11H,7H2,1-6H3,(H,21,22)(H2,17,18,23);8-11H,7,16H2,1-6H3;8-10H,7H2,1-6H3;5-7,10H,4H2,1-3H3;2*1H/t11-,12-,13-,14+;9-,10-,11-,12+;2*8-,9-,10-,11+;8-,9-,10-;5-,6-,7-;;/m000000../s1. The van der Waals surface area contributed by atoms with Crippen molar-refractivity contribution in [3.8, 4) is 0 Å². The fraction of sp³-hybridized carbons (Fsp3) is 0.846. The third kappa shape index (κ3) is 22.7. The molecule has 10 amide bonds. The van der Waals surface area contributed by atoms with E-state index in [4.69, 9.17) is 38.9 Å². The highest BCUT2D eigenvalue weighted by Gasteiger charge is 2.75. The third-order valence-electron chi connectivity index (χ3n) is 29.5. The lowest BCUT2D eigenvalue weighted by Gasteiger charge is -2.37. The summed E-state index contributed by atoms with van der Waals surface area (Å²) in [5, 5.41) is 25.8. The second-order valence-electron chi connectivity index (χ2n) is 46.2. The molecular formula is C91H156Cl2N12O22. The molecule has 0 bridgehead atoms. The van der Waals surface area contributed by atoms with Crippen LogP contribution < -0.4 is 37.6 Å². The van der Waals surface area contributed by atoms with Crippen molar-refractivity contribution in [3.63, 3.8) is 0 Å². The molecule has 0 aromatic rings. The smallest absolute Gasteiger partial charge is 0.411 e. The maximum absolute atomic E-state index is 13.3. The minimum absolute atomic E-state index is 0. The van der Waals surface area contributed by atoms with Gasteiger partial charge in [0.2, 0.25) is 23.6 Å². The van der Waals surface area contributed by atoms with Gasteiger partial charge in [-0.2, -0.15) is 0 Å². The van der Waals surface area contributed by atoms with Crippen molar-refractivity contribution in [2.45, 2.75) is 279 Å². The first-order chi connectivity index (χ1) is 56.7. The molecule has 12 rings (SSSR count). The largest absolute Gasteiger partial charge is 0.480 e. The van der Waals surface area contributed by atoms with Gasteiger partial charge in [-0.1, -0.05) is 166 Å². The molecule has 12 fully saturated rings. The Balaban J connectivity index is 0.000000272. The van der Waals surface area contributed by atoms with Gasteiger partial charge in [0.05, 0.1) is 41.6 Å². The second kappa shape index (κ2) is 38.2. The van der Waals surface area contributed by atoms with Gasteiger partial charge in [-0.3, -0.25) is 28.9 Å². The Morgan fingerprint density at radius 1 is 0.354 bits per heavy atom. The lowest BCUT2D eigenvalue weighted by atomic mass is 9.85. The Morgan fingerprint density at radius 2 is 0.606 bits per heavy atom. The first kappa shape index (κ1) is 110. The van der Waals surface area contributed by atoms with Crippen LogP contribution in [0.1, 0.15) is 208 Å². The first-order valence-electron chi connectivity index (χ1n) is 44.0. The Labute approximate surface area is 765 Å². The Morgan fingerprint density at radius 3 is 0.850 bits per heavy atom. The minimum Gasteiger partial charge on any atom is -0.480 e. The zero-order valence-corrected chi connectivity index (χ0v) is 84.2. The molecule has 6 saturated carbocycles. The number of nitrogens with zero attached hydrogens (tertiary/aromatic N) is 5. The molecule has 6 saturated heterocycles. The number of nitrogens with two attached hydrogens (primary N) is 1. The Hall–Kier alpha value is -7.72. The average molecular weight is 1840 g/mol. The highest BCUT2D eigenvalue weighted by Crippen LogP contribution is 2.69. The lowest BCUT2D eigenvalue weighted by molar-refractivity contribution is -0.154. The predicted molar refractivity (Wildman–Crippen MR) is 479 cm³/mol. The summed E-state index contributed by atoms with van der Waals surface area (Å²) in [7, 11) is 9.85. The van der Waals surface area contributed by atoms with E-state index < -0.39 is 118 Å². The molecule has 0 aromatic heterocycles. The van der Waals surface area contributed by atoms with Gasteiger partial charge in [-0.05, 0) is 144 Å². The van der Waals surface area contributed by atoms with Crippen LogP contribution in [0.15, 0.2) is 0 Å². The van der Waals surface area contributed by atoms with Crippen molar-refractivity contribution < 1.29 is 105 Å². The molecule has 726 valence electrons. The van der Waals surface area contributed by atoms with Crippen LogP contribution in [0.5, 0.6) is 0 Å². The highest BCUT2D eigenvalue weighted by atomic mass is 35.5. The van der Waals surface area contributed by atoms with Crippen LogP contribution in [0, 0.1) is 125 Å². The Kier molecular flexibility index (Phi) is 33.1. The number of methoxy groups -OCH3 is 5. The number of alkyl carbamates (subject to hydrolysis) is 1. The van der Waals surface area contributed by atoms with E-state index >= 15 is 0 Å². The molecular weight excluding hydrogens is 1680 g/mol. The number of likely N-dealkylation sites (tertiary alicyclic amines) is 5. The number of piperidine rings is 6. The van der Waals surface area contributed by atoms with Gasteiger partial charge in [0.25, 0.3) is 0 Å². The number of hydrogen-bond acceptors (Lipinski definition) is 23. The number of urea groups is 2. The molecule has 0 unspecified atom stereocenters. The van der Waals surface area contributed by atoms with Crippen LogP contribution in [0.2, 0.25) is 0 Å². The number of nitrogens with one attached hydrogen (secondary N) is 6. The number of aliphatic carboxylic acids is 1. The van der Waals surface area contributed by atoms with Gasteiger partial charge >= 0.3 is 60.1 Å². The van der Waals surface area contributed by atoms with Gasteiger partial charge in [0, 0.05) is 76.4 Å². The maximum Gasteiger partial charge on any atom is 0.411 e. The van der Waals surface area contributed by atoms with E-state index in [2.05, 4.69) is 101 Å². The number of rotatable bonds is 13. The number of esters is 5. The molecule has 12 aliphatic rings. The zero-order chi connectivity index (χ0) is 96.1. The van der Waals surface area contributed by atoms with Crippen molar-refractivity contribution in [3.05, 3.63) is 0 Å². The Bertz CT molecular complexity index is 4110. The molecule has 9 N–H and O–H groups in total. The van der Waals surface area contributed by atoms with E-state index in [-0.39, 0.29) is 152 Å². The topological polar surface area (TPSA) is 438 Å². The van der Waals surface area contributed by atoms with E-state index in [9.17, 15) is 72.2 Å². The lowest BCUT2D eigenvalue weighted by Crippen LogP contribution is -2.59. The number of carbonyl (C=O) groups excluding carboxylic acids is 13. The molecule has 0 spiro atoms. The van der Waals surface area contributed by atoms with Crippen LogP contribution in [-0.2, 0) is 81.1 Å². The minimum atomic E-state index is -0.968. The van der Waals surface area contributed by atoms with E-state index in [0.717, 1.165) is 6.54 Å². The number of amides is 10. The highest BCUT2D eigenvalue weighted by molar-refractivity contribution is 5.95. The third-order valence-corrected chi connectivity index (χ3v) is 29.5. The van der Waals surface area contributed by atoms with Crippen LogP contribution in [0.3, 0.4) is 0 Å². The second-order valence-corrected chi connectivity index (χ2v) is 46.2. The molecule has 127 heavy (non-hydrogen) atoms. The summed E-state index contributed by atoms with van der Waals surface area (Å²) in [5.41, 5.74) is 3.58. The van der Waals surface area contributed by atoms with E-state index in [1.54, 1.807) is 35.5 Å². The van der Waals surface area contributed by atoms with Crippen molar-refractivity contribution >= 4 is 109 Å². The molecule has 34 nitrogen and oxygen atoms in total. The van der Waals surface area contributed by atoms with E-state index in [1.807, 2.05) is 118 Å². The van der Waals surface area contributed by atoms with Crippen molar-refractivity contribution in [1.29, 1.82) is 0 Å². The summed E-state index contributed by atoms with van der Waals surface area (Å²) in [6.45, 7) is 62.6. The number of ether oxygens (including phenoxy) is 7. The van der Waals surface area contributed by atoms with Crippen LogP contribution >= 0.6 is 24.8 Å². The fourth-order valence-corrected chi connectivity index (χ4v) is 21.1. The van der Waals surface area contributed by atoms with Crippen LogP contribution in [0.4, 0.5) is 19.2 Å². The number of halogens is 2. The molecule has 6 aliphatic heterocycles. The molecule has 6 heterocycles. The van der Waals surface area contributed by atoms with Gasteiger partial charge in [0.15, 0.2) is 0 Å². The van der Waals surface area contributed by atoms with Crippen LogP contribution in [-0.4, -0.2) is 274 Å². The van der Waals surface area contributed by atoms with Gasteiger partial charge in [-0.15, -0.1) is 24.8 Å². The van der Waals surface area contributed by atoms with Gasteiger partial charge in [0.1, 0.15) is 65.6 Å². The first-order valence-corrected chi connectivity index (χ1v) is 44.0. The molecule has 6 aliphatic carbocycles. The monoisotopic (exact) mass is 1840 g/mol. The van der Waals surface area contributed by atoms with E-state index in [1.165, 1.54) is 59.4 Å². The quantitative estimate of drug-likeness (QED) is 0.0630. The zero-order valence-electron chi connectivity index (χ0n) is 82.6. The molecule has 0 aromatic carbocycles. The average Bonchev–Trinajstić information content (AvgIpc) is 1.56. The van der Waals surface area contributed by atoms with Crippen molar-refractivity contribution in [2.24, 2.45) is 131 Å². The molecule has 36 heteroatoms. The number of carbonyl (C=O) groups is 14. The summed E-state index contributed by atoms with van der Waals surface area (Å²) in [5.74, 6) is -0.179. The van der Waals surface area contributed by atoms with Gasteiger partial charge < -0.3 is 95.5 Å². The summed E-state index contributed by atoms with van der Waals surface area (Å²) in [6.07, 6.45) is -1.07. The number of carboxylic acids is 1. The van der Waals surface area contributed by atoms with Crippen molar-refractivity contribution in [2.75, 3.05) is 88.9 Å². The summed E-state index contributed by atoms with van der Waals surface area (Å²) < 4.78 is 35.1. The number of fused-ring (bicyclic) bond motifs is 6. The van der Waals surface area contributed by atoms with Crippen LogP contribution in [0.25, 0.3) is 0 Å². The summed E-state index contributed by atoms with van der Waals surface area (Å²) in [4.78, 5) is 179. The van der Waals surface area contributed by atoms with Crippen molar-refractivity contribution in [1.82, 2.24) is 56.4 Å². The van der Waals surface area contributed by atoms with E-state index in [0.29, 0.717) is 67.7 Å². The molecule has 0 radical (unpaired) electrons. The van der Waals surface area contributed by atoms with Gasteiger partial charge in [-0.25, -0.2) is 43.2 Å². The number of carboxylic acid groups (broad SMARTS) is 1. The fourth-order valence-electron chi connectivity index (χ4n) is 21.1. The maximum atomic E-state index is 13.3. The summed E-state index contributed by atoms with van der Waals surface area (Å²) >= 11 is 0. The summed E-state index contributed by atoms with van der Waals surface area (Å²) in [6, 6.07) is -6.76. The SMILES string of the molecule is CNC(=O)N[C@H](C(=O)N1C[C@H]2[C@@H]([C@H]1C(=O)O)C2(C)C)C(C)(C)C.CNC(=O)N[C@H](C(=O)N1C[C@H]2[C@@H]([C@H]1C(=O)OC)C2(C)C)C(C)(C)C.COC(=O)[C@@H]1[C@@H]2[C@H](CN1C(=O)OC(C)(C)C)C2(C)C.COC(=O)[C@@H]1[C@@H]2[C@H](CN1C(=O)[C@@H](N)C(C)(C)C)C2(C)C.COC(=O)[C@@H]1[C@@H]2[C@H](CN1C(=O)[C@@H](NC(=O)OC(C)(C)C)C(C)(C)C)C2(C)C.COC(=O)[C@H]1NC[C@H]2[C@@H]1C2(C)C.Cl.Cl. The predicted octanol–water partition coefficient (Wildman–Crippen LogP) is 8.78. The number of hydrogen-bond donors (Lipinski definition) is 8. The molecule has 22 atom stereocenters. The normalized spacial score (nSPS) is 30.4.